The SMILES string of the molecule is C=C1c2scnc2N=C(SCc2cccc(F)c2)N1c1ccc(Cl)cc1. The summed E-state index contributed by atoms with van der Waals surface area (Å²) in [4.78, 5) is 11.9. The Bertz CT molecular complexity index is 998. The molecule has 0 saturated heterocycles. The number of hydrogen-bond donors (Lipinski definition) is 0. The molecule has 2 heterocycles. The molecule has 1 aliphatic heterocycles. The lowest BCUT2D eigenvalue weighted by Gasteiger charge is -2.30. The van der Waals surface area contributed by atoms with E-state index in [0.29, 0.717) is 16.6 Å². The average molecular weight is 402 g/mol. The number of aliphatic imine (C=N–C) groups is 1. The Morgan fingerprint density at radius 3 is 2.77 bits per heavy atom. The topological polar surface area (TPSA) is 28.5 Å². The zero-order valence-corrected chi connectivity index (χ0v) is 15.9. The molecule has 1 aliphatic rings. The molecule has 0 radical (unpaired) electrons. The largest absolute Gasteiger partial charge is 0.289 e. The molecule has 0 saturated carbocycles. The molecule has 130 valence electrons. The summed E-state index contributed by atoms with van der Waals surface area (Å²) in [6.45, 7) is 4.24. The van der Waals surface area contributed by atoms with Gasteiger partial charge in [0.25, 0.3) is 0 Å². The maximum Gasteiger partial charge on any atom is 0.175 e. The van der Waals surface area contributed by atoms with Crippen LogP contribution in [0.1, 0.15) is 10.4 Å². The van der Waals surface area contributed by atoms with Crippen LogP contribution in [-0.2, 0) is 5.75 Å². The van der Waals surface area contributed by atoms with E-state index in [1.165, 1.54) is 35.2 Å². The number of thiazole rings is 1. The molecule has 0 fully saturated rings. The van der Waals surface area contributed by atoms with Crippen molar-refractivity contribution < 1.29 is 4.39 Å². The first-order valence-electron chi connectivity index (χ1n) is 7.76. The van der Waals surface area contributed by atoms with Crippen molar-refractivity contribution in [2.45, 2.75) is 5.75 Å². The number of anilines is 1. The number of fused-ring (bicyclic) bond motifs is 1. The summed E-state index contributed by atoms with van der Waals surface area (Å²) in [5.74, 6) is 1.02. The lowest BCUT2D eigenvalue weighted by Crippen LogP contribution is -2.28. The first kappa shape index (κ1) is 17.3. The van der Waals surface area contributed by atoms with Gasteiger partial charge in [-0.3, -0.25) is 4.90 Å². The Hall–Kier alpha value is -2.15. The summed E-state index contributed by atoms with van der Waals surface area (Å²) < 4.78 is 13.4. The standard InChI is InChI=1S/C19H13ClFN3S2/c1-12-17-18(22-11-26-17)23-19(24(12)16-7-5-14(20)6-8-16)25-10-13-3-2-4-15(21)9-13/h2-9,11H,1,10H2. The molecule has 0 amide bonds. The normalized spacial score (nSPS) is 13.5. The first-order valence-corrected chi connectivity index (χ1v) is 10.0. The highest BCUT2D eigenvalue weighted by molar-refractivity contribution is 8.13. The molecule has 2 aromatic carbocycles. The molecule has 7 heteroatoms. The van der Waals surface area contributed by atoms with Crippen molar-refractivity contribution in [2.75, 3.05) is 4.90 Å². The van der Waals surface area contributed by atoms with Crippen LogP contribution in [0.15, 0.2) is 65.6 Å². The van der Waals surface area contributed by atoms with Gasteiger partial charge in [-0.1, -0.05) is 42.1 Å². The molecule has 0 N–H and O–H groups in total. The molecule has 1 aromatic heterocycles. The lowest BCUT2D eigenvalue weighted by molar-refractivity contribution is 0.626. The van der Waals surface area contributed by atoms with Gasteiger partial charge in [0.1, 0.15) is 5.82 Å². The van der Waals surface area contributed by atoms with Crippen molar-refractivity contribution in [2.24, 2.45) is 4.99 Å². The average Bonchev–Trinajstić information content (AvgIpc) is 3.10. The number of thioether (sulfide) groups is 1. The number of halogens is 2. The fourth-order valence-corrected chi connectivity index (χ4v) is 4.39. The van der Waals surface area contributed by atoms with Crippen LogP contribution in [-0.4, -0.2) is 10.2 Å². The van der Waals surface area contributed by atoms with Crippen LogP contribution in [0, 0.1) is 5.82 Å². The number of aromatic nitrogens is 1. The highest BCUT2D eigenvalue weighted by atomic mass is 35.5. The maximum atomic E-state index is 13.4. The maximum absolute atomic E-state index is 13.4. The second kappa shape index (κ2) is 7.23. The van der Waals surface area contributed by atoms with Crippen LogP contribution >= 0.6 is 34.7 Å². The van der Waals surface area contributed by atoms with Crippen LogP contribution < -0.4 is 4.90 Å². The molecule has 4 rings (SSSR count). The predicted molar refractivity (Wildman–Crippen MR) is 110 cm³/mol. The molecule has 3 aromatic rings. The summed E-state index contributed by atoms with van der Waals surface area (Å²) in [6.07, 6.45) is 0. The molecule has 0 spiro atoms. The number of nitrogens with zero attached hydrogens (tertiary/aromatic N) is 3. The van der Waals surface area contributed by atoms with Crippen molar-refractivity contribution >= 4 is 57.1 Å². The van der Waals surface area contributed by atoms with Gasteiger partial charge >= 0.3 is 0 Å². The molecule has 0 bridgehead atoms. The van der Waals surface area contributed by atoms with Gasteiger partial charge in [0, 0.05) is 16.5 Å². The third-order valence-electron chi connectivity index (χ3n) is 3.82. The van der Waals surface area contributed by atoms with E-state index < -0.39 is 0 Å². The first-order chi connectivity index (χ1) is 12.6. The van der Waals surface area contributed by atoms with E-state index >= 15 is 0 Å². The van der Waals surface area contributed by atoms with Crippen LogP contribution in [0.4, 0.5) is 15.9 Å². The van der Waals surface area contributed by atoms with Gasteiger partial charge in [-0.2, -0.15) is 0 Å². The highest BCUT2D eigenvalue weighted by Crippen LogP contribution is 2.40. The van der Waals surface area contributed by atoms with Gasteiger partial charge in [-0.15, -0.1) is 11.3 Å². The summed E-state index contributed by atoms with van der Waals surface area (Å²) in [5, 5.41) is 1.42. The number of amidine groups is 1. The molecule has 26 heavy (non-hydrogen) atoms. The summed E-state index contributed by atoms with van der Waals surface area (Å²) in [7, 11) is 0. The van der Waals surface area contributed by atoms with Crippen molar-refractivity contribution in [3.8, 4) is 0 Å². The van der Waals surface area contributed by atoms with E-state index in [9.17, 15) is 4.39 Å². The second-order valence-electron chi connectivity index (χ2n) is 5.58. The zero-order valence-electron chi connectivity index (χ0n) is 13.5. The minimum atomic E-state index is -0.241. The second-order valence-corrected chi connectivity index (χ2v) is 7.81. The number of hydrogen-bond acceptors (Lipinski definition) is 5. The van der Waals surface area contributed by atoms with Crippen molar-refractivity contribution in [1.82, 2.24) is 4.98 Å². The molecule has 0 atom stereocenters. The van der Waals surface area contributed by atoms with Gasteiger partial charge in [-0.25, -0.2) is 14.4 Å². The lowest BCUT2D eigenvalue weighted by atomic mass is 10.2. The Balaban J connectivity index is 1.68. The fourth-order valence-electron chi connectivity index (χ4n) is 2.60. The Morgan fingerprint density at radius 1 is 1.19 bits per heavy atom. The van der Waals surface area contributed by atoms with Crippen LogP contribution in [0.25, 0.3) is 5.70 Å². The van der Waals surface area contributed by atoms with Crippen LogP contribution in [0.2, 0.25) is 5.02 Å². The monoisotopic (exact) mass is 401 g/mol. The van der Waals surface area contributed by atoms with Gasteiger partial charge in [0.2, 0.25) is 0 Å². The Kier molecular flexibility index (Phi) is 4.80. The number of rotatable bonds is 3. The van der Waals surface area contributed by atoms with E-state index in [1.54, 1.807) is 11.6 Å². The van der Waals surface area contributed by atoms with Gasteiger partial charge < -0.3 is 0 Å². The highest BCUT2D eigenvalue weighted by Gasteiger charge is 2.27. The number of benzene rings is 2. The third kappa shape index (κ3) is 3.40. The predicted octanol–water partition coefficient (Wildman–Crippen LogP) is 6.35. The fraction of sp³-hybridized carbons (Fsp3) is 0.0526. The molecule has 0 aliphatic carbocycles. The minimum Gasteiger partial charge on any atom is -0.289 e. The van der Waals surface area contributed by atoms with E-state index in [2.05, 4.69) is 11.6 Å². The van der Waals surface area contributed by atoms with E-state index in [1.807, 2.05) is 35.2 Å². The molecule has 3 nitrogen and oxygen atoms in total. The van der Waals surface area contributed by atoms with Crippen molar-refractivity contribution in [1.29, 1.82) is 0 Å². The van der Waals surface area contributed by atoms with Gasteiger partial charge in [0.15, 0.2) is 11.0 Å². The van der Waals surface area contributed by atoms with Crippen molar-refractivity contribution in [3.05, 3.63) is 81.9 Å². The smallest absolute Gasteiger partial charge is 0.175 e. The summed E-state index contributed by atoms with van der Waals surface area (Å²) >= 11 is 9.05. The molecular weight excluding hydrogens is 389 g/mol. The Morgan fingerprint density at radius 2 is 2.00 bits per heavy atom. The Labute approximate surface area is 163 Å². The quantitative estimate of drug-likeness (QED) is 0.512. The van der Waals surface area contributed by atoms with Gasteiger partial charge in [0.05, 0.1) is 16.1 Å². The minimum absolute atomic E-state index is 0.241. The van der Waals surface area contributed by atoms with Crippen molar-refractivity contribution in [3.63, 3.8) is 0 Å². The zero-order chi connectivity index (χ0) is 18.1. The third-order valence-corrected chi connectivity index (χ3v) is 5.94. The van der Waals surface area contributed by atoms with E-state index in [4.69, 9.17) is 16.6 Å². The van der Waals surface area contributed by atoms with Crippen LogP contribution in [0.3, 0.4) is 0 Å². The summed E-state index contributed by atoms with van der Waals surface area (Å²) in [5.41, 5.74) is 4.40. The van der Waals surface area contributed by atoms with Crippen LogP contribution in [0.5, 0.6) is 0 Å². The van der Waals surface area contributed by atoms with E-state index in [-0.39, 0.29) is 5.82 Å². The molecule has 0 unspecified atom stereocenters. The molecular formula is C19H13ClFN3S2. The van der Waals surface area contributed by atoms with E-state index in [0.717, 1.165) is 27.0 Å². The van der Waals surface area contributed by atoms with Gasteiger partial charge in [-0.05, 0) is 42.0 Å². The summed E-state index contributed by atoms with van der Waals surface area (Å²) in [6, 6.07) is 14.1.